The number of carbonyl (C=O) groups is 1. The van der Waals surface area contributed by atoms with Crippen molar-refractivity contribution in [2.45, 2.75) is 26.4 Å². The van der Waals surface area contributed by atoms with E-state index >= 15 is 0 Å². The maximum absolute atomic E-state index is 11.7. The van der Waals surface area contributed by atoms with E-state index in [0.717, 1.165) is 11.1 Å². The molecule has 4 heteroatoms. The zero-order valence-corrected chi connectivity index (χ0v) is 11.9. The molecule has 0 unspecified atom stereocenters. The molecule has 1 aromatic carbocycles. The van der Waals surface area contributed by atoms with Crippen LogP contribution >= 0.6 is 0 Å². The van der Waals surface area contributed by atoms with Crippen LogP contribution in [-0.2, 0) is 4.74 Å². The number of nitrogens with zero attached hydrogens (tertiary/aromatic N) is 1. The van der Waals surface area contributed by atoms with Gasteiger partial charge in [0.1, 0.15) is 5.60 Å². The Labute approximate surface area is 118 Å². The molecule has 0 atom stereocenters. The highest BCUT2D eigenvalue weighted by Crippen LogP contribution is 2.21. The maximum atomic E-state index is 11.7. The summed E-state index contributed by atoms with van der Waals surface area (Å²) in [4.78, 5) is 15.9. The number of benzene rings is 1. The van der Waals surface area contributed by atoms with Crippen molar-refractivity contribution >= 4 is 11.8 Å². The second kappa shape index (κ2) is 5.74. The number of hydrogen-bond acceptors (Lipinski definition) is 3. The quantitative estimate of drug-likeness (QED) is 0.894. The average molecular weight is 270 g/mol. The zero-order valence-electron chi connectivity index (χ0n) is 11.9. The minimum absolute atomic E-state index is 0.482. The van der Waals surface area contributed by atoms with Crippen molar-refractivity contribution in [3.8, 4) is 11.1 Å². The third-order valence-electron chi connectivity index (χ3n) is 2.49. The molecule has 1 N–H and O–H groups in total. The van der Waals surface area contributed by atoms with Gasteiger partial charge < -0.3 is 4.74 Å². The van der Waals surface area contributed by atoms with Crippen LogP contribution in [0.2, 0.25) is 0 Å². The maximum Gasteiger partial charge on any atom is 0.412 e. The van der Waals surface area contributed by atoms with E-state index in [1.807, 2.05) is 57.2 Å². The Morgan fingerprint density at radius 1 is 1.10 bits per heavy atom. The molecule has 0 fully saturated rings. The summed E-state index contributed by atoms with van der Waals surface area (Å²) in [5.41, 5.74) is 2.08. The molecule has 2 aromatic rings. The molecule has 1 heterocycles. The number of aromatic nitrogens is 1. The van der Waals surface area contributed by atoms with E-state index in [2.05, 4.69) is 10.3 Å². The number of rotatable bonds is 2. The topological polar surface area (TPSA) is 51.2 Å². The molecular weight excluding hydrogens is 252 g/mol. The van der Waals surface area contributed by atoms with Gasteiger partial charge in [0.25, 0.3) is 0 Å². The molecular formula is C16H18N2O2. The van der Waals surface area contributed by atoms with Gasteiger partial charge in [-0.3, -0.25) is 10.3 Å². The van der Waals surface area contributed by atoms with Crippen LogP contribution in [0.4, 0.5) is 10.5 Å². The van der Waals surface area contributed by atoms with Gasteiger partial charge in [0.05, 0.1) is 11.9 Å². The lowest BCUT2D eigenvalue weighted by atomic mass is 10.1. The molecule has 0 aliphatic carbocycles. The summed E-state index contributed by atoms with van der Waals surface area (Å²) >= 11 is 0. The van der Waals surface area contributed by atoms with Crippen molar-refractivity contribution in [2.24, 2.45) is 0 Å². The Kier molecular flexibility index (Phi) is 4.03. The van der Waals surface area contributed by atoms with E-state index in [1.54, 1.807) is 12.4 Å². The molecule has 1 aromatic heterocycles. The molecule has 0 radical (unpaired) electrons. The Morgan fingerprint density at radius 3 is 2.45 bits per heavy atom. The van der Waals surface area contributed by atoms with Gasteiger partial charge in [-0.15, -0.1) is 0 Å². The summed E-state index contributed by atoms with van der Waals surface area (Å²) in [5.74, 6) is 0. The minimum atomic E-state index is -0.519. The van der Waals surface area contributed by atoms with Crippen molar-refractivity contribution in [1.29, 1.82) is 0 Å². The molecule has 0 bridgehead atoms. The summed E-state index contributed by atoms with van der Waals surface area (Å²) < 4.78 is 5.21. The van der Waals surface area contributed by atoms with Crippen LogP contribution in [0.5, 0.6) is 0 Å². The predicted octanol–water partition coefficient (Wildman–Crippen LogP) is 4.10. The number of pyridine rings is 1. The van der Waals surface area contributed by atoms with Crippen LogP contribution in [0.25, 0.3) is 11.1 Å². The number of amides is 1. The summed E-state index contributed by atoms with van der Waals surface area (Å²) in [6, 6.07) is 11.7. The van der Waals surface area contributed by atoms with E-state index in [1.165, 1.54) is 0 Å². The second-order valence-electron chi connectivity index (χ2n) is 5.46. The molecule has 0 aliphatic heterocycles. The summed E-state index contributed by atoms with van der Waals surface area (Å²) in [5, 5.41) is 2.68. The Balaban J connectivity index is 2.13. The summed E-state index contributed by atoms with van der Waals surface area (Å²) in [7, 11) is 0. The SMILES string of the molecule is CC(C)(C)OC(=O)Nc1cncc(-c2ccccc2)c1. The Bertz CT molecular complexity index is 589. The van der Waals surface area contributed by atoms with Crippen LogP contribution in [0, 0.1) is 0 Å². The van der Waals surface area contributed by atoms with Gasteiger partial charge in [0.15, 0.2) is 0 Å². The highest BCUT2D eigenvalue weighted by Gasteiger charge is 2.16. The highest BCUT2D eigenvalue weighted by atomic mass is 16.6. The van der Waals surface area contributed by atoms with Crippen molar-refractivity contribution < 1.29 is 9.53 Å². The largest absolute Gasteiger partial charge is 0.444 e. The number of carbonyl (C=O) groups excluding carboxylic acids is 1. The first-order valence-corrected chi connectivity index (χ1v) is 6.44. The lowest BCUT2D eigenvalue weighted by molar-refractivity contribution is 0.0636. The van der Waals surface area contributed by atoms with Crippen LogP contribution in [0.1, 0.15) is 20.8 Å². The molecule has 4 nitrogen and oxygen atoms in total. The highest BCUT2D eigenvalue weighted by molar-refractivity contribution is 5.85. The number of nitrogens with one attached hydrogen (secondary N) is 1. The Morgan fingerprint density at radius 2 is 1.80 bits per heavy atom. The molecule has 0 saturated carbocycles. The molecule has 0 spiro atoms. The fourth-order valence-electron chi connectivity index (χ4n) is 1.72. The summed E-state index contributed by atoms with van der Waals surface area (Å²) in [6.07, 6.45) is 2.87. The third-order valence-corrected chi connectivity index (χ3v) is 2.49. The van der Waals surface area contributed by atoms with E-state index in [-0.39, 0.29) is 0 Å². The van der Waals surface area contributed by atoms with Gasteiger partial charge in [0, 0.05) is 11.8 Å². The van der Waals surface area contributed by atoms with Crippen molar-refractivity contribution in [3.05, 3.63) is 48.8 Å². The molecule has 20 heavy (non-hydrogen) atoms. The first-order valence-electron chi connectivity index (χ1n) is 6.44. The molecule has 0 saturated heterocycles. The van der Waals surface area contributed by atoms with Gasteiger partial charge in [-0.05, 0) is 32.4 Å². The standard InChI is InChI=1S/C16H18N2O2/c1-16(2,3)20-15(19)18-14-9-13(10-17-11-14)12-7-5-4-6-8-12/h4-11H,1-3H3,(H,18,19). The van der Waals surface area contributed by atoms with Crippen molar-refractivity contribution in [3.63, 3.8) is 0 Å². The van der Waals surface area contributed by atoms with Gasteiger partial charge in [-0.1, -0.05) is 30.3 Å². The smallest absolute Gasteiger partial charge is 0.412 e. The van der Waals surface area contributed by atoms with E-state index in [4.69, 9.17) is 4.74 Å². The first-order chi connectivity index (χ1) is 9.44. The molecule has 2 rings (SSSR count). The third kappa shape index (κ3) is 4.09. The second-order valence-corrected chi connectivity index (χ2v) is 5.46. The monoisotopic (exact) mass is 270 g/mol. The predicted molar refractivity (Wildman–Crippen MR) is 79.5 cm³/mol. The van der Waals surface area contributed by atoms with Crippen LogP contribution in [-0.4, -0.2) is 16.7 Å². The average Bonchev–Trinajstić information content (AvgIpc) is 2.38. The summed E-state index contributed by atoms with van der Waals surface area (Å²) in [6.45, 7) is 5.47. The first kappa shape index (κ1) is 14.1. The van der Waals surface area contributed by atoms with Crippen molar-refractivity contribution in [1.82, 2.24) is 4.98 Å². The van der Waals surface area contributed by atoms with Crippen LogP contribution < -0.4 is 5.32 Å². The fourth-order valence-corrected chi connectivity index (χ4v) is 1.72. The minimum Gasteiger partial charge on any atom is -0.444 e. The Hall–Kier alpha value is -2.36. The number of anilines is 1. The van der Waals surface area contributed by atoms with Crippen LogP contribution in [0.15, 0.2) is 48.8 Å². The zero-order chi connectivity index (χ0) is 14.6. The number of ether oxygens (including phenoxy) is 1. The van der Waals surface area contributed by atoms with E-state index < -0.39 is 11.7 Å². The van der Waals surface area contributed by atoms with Gasteiger partial charge in [0.2, 0.25) is 0 Å². The van der Waals surface area contributed by atoms with E-state index in [0.29, 0.717) is 5.69 Å². The molecule has 1 amide bonds. The van der Waals surface area contributed by atoms with Crippen LogP contribution in [0.3, 0.4) is 0 Å². The molecule has 104 valence electrons. The normalized spacial score (nSPS) is 10.9. The van der Waals surface area contributed by atoms with Gasteiger partial charge in [-0.2, -0.15) is 0 Å². The molecule has 0 aliphatic rings. The fraction of sp³-hybridized carbons (Fsp3) is 0.250. The van der Waals surface area contributed by atoms with Gasteiger partial charge in [-0.25, -0.2) is 4.79 Å². The lowest BCUT2D eigenvalue weighted by Gasteiger charge is -2.19. The van der Waals surface area contributed by atoms with Crippen molar-refractivity contribution in [2.75, 3.05) is 5.32 Å². The van der Waals surface area contributed by atoms with E-state index in [9.17, 15) is 4.79 Å². The lowest BCUT2D eigenvalue weighted by Crippen LogP contribution is -2.27. The number of hydrogen-bond donors (Lipinski definition) is 1. The van der Waals surface area contributed by atoms with Gasteiger partial charge >= 0.3 is 6.09 Å².